The van der Waals surface area contributed by atoms with Crippen LogP contribution in [0.25, 0.3) is 0 Å². The first-order chi connectivity index (χ1) is 13.0. The minimum Gasteiger partial charge on any atom is -0.376 e. The second-order valence-electron chi connectivity index (χ2n) is 7.87. The Bertz CT molecular complexity index is 790. The van der Waals surface area contributed by atoms with E-state index in [-0.39, 0.29) is 42.1 Å². The number of aromatic nitrogens is 1. The Kier molecular flexibility index (Phi) is 4.76. The van der Waals surface area contributed by atoms with Crippen molar-refractivity contribution in [1.29, 1.82) is 0 Å². The summed E-state index contributed by atoms with van der Waals surface area (Å²) in [5.74, 6) is -1.15. The Morgan fingerprint density at radius 1 is 1.15 bits per heavy atom. The van der Waals surface area contributed by atoms with Crippen molar-refractivity contribution in [1.82, 2.24) is 9.47 Å². The van der Waals surface area contributed by atoms with Crippen LogP contribution < -0.4 is 0 Å². The number of hydrogen-bond acceptors (Lipinski definition) is 4. The van der Waals surface area contributed by atoms with Crippen LogP contribution in [0.2, 0.25) is 0 Å². The summed E-state index contributed by atoms with van der Waals surface area (Å²) in [6, 6.07) is 1.87. The van der Waals surface area contributed by atoms with Crippen molar-refractivity contribution >= 4 is 17.6 Å². The van der Waals surface area contributed by atoms with E-state index in [0.29, 0.717) is 18.4 Å². The van der Waals surface area contributed by atoms with Crippen LogP contribution in [0.1, 0.15) is 47.4 Å². The first-order valence-electron chi connectivity index (χ1n) is 9.79. The van der Waals surface area contributed by atoms with Gasteiger partial charge >= 0.3 is 0 Å². The van der Waals surface area contributed by atoms with Crippen LogP contribution in [0, 0.1) is 25.7 Å². The van der Waals surface area contributed by atoms with Crippen molar-refractivity contribution in [3.8, 4) is 0 Å². The molecule has 6 heteroatoms. The van der Waals surface area contributed by atoms with Gasteiger partial charge in [-0.25, -0.2) is 0 Å². The number of nitrogens with zero attached hydrogens (tertiary/aromatic N) is 2. The predicted octanol–water partition coefficient (Wildman–Crippen LogP) is 2.42. The van der Waals surface area contributed by atoms with Crippen LogP contribution in [0.3, 0.4) is 0 Å². The lowest BCUT2D eigenvalue weighted by atomic mass is 9.85. The molecule has 0 saturated carbocycles. The zero-order valence-corrected chi connectivity index (χ0v) is 15.9. The lowest BCUT2D eigenvalue weighted by molar-refractivity contribution is -0.139. The van der Waals surface area contributed by atoms with E-state index in [2.05, 4.69) is 4.57 Å². The maximum Gasteiger partial charge on any atom is 0.233 e. The fraction of sp³-hybridized carbons (Fsp3) is 0.571. The zero-order valence-electron chi connectivity index (χ0n) is 15.9. The van der Waals surface area contributed by atoms with Gasteiger partial charge in [-0.2, -0.15) is 0 Å². The molecular formula is C21H26N2O4. The summed E-state index contributed by atoms with van der Waals surface area (Å²) >= 11 is 0. The molecule has 0 unspecified atom stereocenters. The number of fused-ring (bicyclic) bond motifs is 1. The molecule has 1 aromatic rings. The summed E-state index contributed by atoms with van der Waals surface area (Å²) in [6.45, 7) is 5.28. The van der Waals surface area contributed by atoms with Crippen molar-refractivity contribution in [3.63, 3.8) is 0 Å². The molecule has 0 spiro atoms. The van der Waals surface area contributed by atoms with Crippen molar-refractivity contribution in [2.24, 2.45) is 11.8 Å². The Balaban J connectivity index is 1.50. The number of carbonyl (C=O) groups is 3. The van der Waals surface area contributed by atoms with E-state index >= 15 is 0 Å². The Hall–Kier alpha value is -2.21. The topological polar surface area (TPSA) is 68.6 Å². The molecule has 2 amide bonds. The first kappa shape index (κ1) is 18.2. The van der Waals surface area contributed by atoms with Gasteiger partial charge in [0.2, 0.25) is 11.8 Å². The van der Waals surface area contributed by atoms with Gasteiger partial charge in [-0.05, 0) is 45.6 Å². The number of rotatable bonds is 5. The van der Waals surface area contributed by atoms with E-state index < -0.39 is 0 Å². The largest absolute Gasteiger partial charge is 0.376 e. The minimum absolute atomic E-state index is 0.158. The van der Waals surface area contributed by atoms with Crippen molar-refractivity contribution < 1.29 is 19.1 Å². The molecule has 2 fully saturated rings. The quantitative estimate of drug-likeness (QED) is 0.453. The second kappa shape index (κ2) is 7.08. The second-order valence-corrected chi connectivity index (χ2v) is 7.87. The number of likely N-dealkylation sites (tertiary alicyclic amines) is 1. The molecule has 3 heterocycles. The molecule has 0 N–H and O–H groups in total. The van der Waals surface area contributed by atoms with Gasteiger partial charge in [0, 0.05) is 30.1 Å². The molecule has 4 rings (SSSR count). The summed E-state index contributed by atoms with van der Waals surface area (Å²) in [4.78, 5) is 39.3. The van der Waals surface area contributed by atoms with Crippen LogP contribution in [-0.4, -0.2) is 46.3 Å². The first-order valence-corrected chi connectivity index (χ1v) is 9.79. The van der Waals surface area contributed by atoms with Crippen molar-refractivity contribution in [2.45, 2.75) is 52.2 Å². The summed E-state index contributed by atoms with van der Waals surface area (Å²) in [5.41, 5.74) is 2.48. The summed E-state index contributed by atoms with van der Waals surface area (Å²) < 4.78 is 7.83. The third kappa shape index (κ3) is 3.16. The average Bonchev–Trinajstić information content (AvgIpc) is 3.34. The molecule has 1 aliphatic carbocycles. The predicted molar refractivity (Wildman–Crippen MR) is 99.3 cm³/mol. The normalized spacial score (nSPS) is 27.5. The smallest absolute Gasteiger partial charge is 0.233 e. The van der Waals surface area contributed by atoms with E-state index in [1.165, 1.54) is 4.90 Å². The maximum atomic E-state index is 12.9. The number of allylic oxidation sites excluding steroid dienone is 2. The lowest BCUT2D eigenvalue weighted by Gasteiger charge is -2.16. The number of carbonyl (C=O) groups excluding carboxylic acids is 3. The fourth-order valence-electron chi connectivity index (χ4n) is 4.61. The van der Waals surface area contributed by atoms with Gasteiger partial charge in [0.1, 0.15) is 0 Å². The van der Waals surface area contributed by atoms with E-state index in [9.17, 15) is 14.4 Å². The molecule has 0 aromatic carbocycles. The number of amides is 2. The third-order valence-corrected chi connectivity index (χ3v) is 6.18. The Labute approximate surface area is 159 Å². The molecule has 0 radical (unpaired) electrons. The minimum atomic E-state index is -0.290. The van der Waals surface area contributed by atoms with Gasteiger partial charge < -0.3 is 9.30 Å². The molecule has 3 atom stereocenters. The number of aryl methyl sites for hydroxylation is 1. The third-order valence-electron chi connectivity index (χ3n) is 6.18. The maximum absolute atomic E-state index is 12.9. The highest BCUT2D eigenvalue weighted by Crippen LogP contribution is 2.35. The highest BCUT2D eigenvalue weighted by Gasteiger charge is 2.47. The van der Waals surface area contributed by atoms with Crippen LogP contribution >= 0.6 is 0 Å². The number of hydrogen-bond donors (Lipinski definition) is 0. The van der Waals surface area contributed by atoms with Gasteiger partial charge in [-0.1, -0.05) is 12.2 Å². The van der Waals surface area contributed by atoms with Crippen molar-refractivity contribution in [3.05, 3.63) is 35.2 Å². The van der Waals surface area contributed by atoms with Crippen molar-refractivity contribution in [2.75, 3.05) is 13.2 Å². The molecule has 0 bridgehead atoms. The average molecular weight is 370 g/mol. The van der Waals surface area contributed by atoms with E-state index in [1.807, 2.05) is 32.1 Å². The van der Waals surface area contributed by atoms with Gasteiger partial charge in [-0.3, -0.25) is 19.3 Å². The van der Waals surface area contributed by atoms with E-state index in [1.54, 1.807) is 0 Å². The summed E-state index contributed by atoms with van der Waals surface area (Å²) in [5, 5.41) is 0. The molecule has 3 aliphatic rings. The van der Waals surface area contributed by atoms with Gasteiger partial charge in [-0.15, -0.1) is 0 Å². The molecule has 144 valence electrons. The van der Waals surface area contributed by atoms with E-state index in [4.69, 9.17) is 4.74 Å². The lowest BCUT2D eigenvalue weighted by Crippen LogP contribution is -2.36. The SMILES string of the molecule is Cc1cc(C(=O)CN2C(=O)[C@H]3CC=CC[C@H]3C2=O)c(C)n1C[C@@H]1CCCO1. The molecule has 6 nitrogen and oxygen atoms in total. The molecule has 2 saturated heterocycles. The van der Waals surface area contributed by atoms with E-state index in [0.717, 1.165) is 37.4 Å². The van der Waals surface area contributed by atoms with Gasteiger partial charge in [0.05, 0.1) is 24.5 Å². The number of ether oxygens (including phenoxy) is 1. The summed E-state index contributed by atoms with van der Waals surface area (Å²) in [6.07, 6.45) is 7.40. The molecule has 2 aliphatic heterocycles. The van der Waals surface area contributed by atoms with Crippen LogP contribution in [-0.2, 0) is 20.9 Å². The number of imide groups is 1. The number of ketones is 1. The molecular weight excluding hydrogens is 344 g/mol. The van der Waals surface area contributed by atoms with Crippen LogP contribution in [0.5, 0.6) is 0 Å². The Morgan fingerprint density at radius 3 is 2.41 bits per heavy atom. The Morgan fingerprint density at radius 2 is 1.81 bits per heavy atom. The monoisotopic (exact) mass is 370 g/mol. The molecule has 27 heavy (non-hydrogen) atoms. The van der Waals surface area contributed by atoms with Crippen LogP contribution in [0.4, 0.5) is 0 Å². The highest BCUT2D eigenvalue weighted by molar-refractivity contribution is 6.10. The molecule has 1 aromatic heterocycles. The van der Waals surface area contributed by atoms with Gasteiger partial charge in [0.15, 0.2) is 5.78 Å². The van der Waals surface area contributed by atoms with Crippen LogP contribution in [0.15, 0.2) is 18.2 Å². The summed E-state index contributed by atoms with van der Waals surface area (Å²) in [7, 11) is 0. The standard InChI is InChI=1S/C21H26N2O4/c1-13-10-18(14(2)22(13)11-15-6-5-9-27-15)19(24)12-23-20(25)16-7-3-4-8-17(16)21(23)26/h3-4,10,15-17H,5-9,11-12H2,1-2H3/t15-,16-,17+/m0/s1. The fourth-order valence-corrected chi connectivity index (χ4v) is 4.61. The zero-order chi connectivity index (χ0) is 19.1. The number of Topliss-reactive ketones (excluding diaryl/α,β-unsaturated/α-hetero) is 1. The highest BCUT2D eigenvalue weighted by atomic mass is 16.5. The van der Waals surface area contributed by atoms with Gasteiger partial charge in [0.25, 0.3) is 0 Å².